The largest absolute Gasteiger partial charge is 0.354 e. The van der Waals surface area contributed by atoms with Gasteiger partial charge >= 0.3 is 0 Å². The molecular formula is C10H14N2OS. The van der Waals surface area contributed by atoms with Crippen LogP contribution >= 0.6 is 12.6 Å². The van der Waals surface area contributed by atoms with Crippen LogP contribution in [0.1, 0.15) is 11.6 Å². The zero-order valence-electron chi connectivity index (χ0n) is 7.81. The second kappa shape index (κ2) is 5.67. The predicted molar refractivity (Wildman–Crippen MR) is 60.2 cm³/mol. The van der Waals surface area contributed by atoms with E-state index >= 15 is 0 Å². The van der Waals surface area contributed by atoms with Gasteiger partial charge in [0.1, 0.15) is 6.04 Å². The zero-order valence-corrected chi connectivity index (χ0v) is 8.71. The SMILES string of the molecule is NC(C(=O)NCCS)c1ccccc1. The summed E-state index contributed by atoms with van der Waals surface area (Å²) in [6.07, 6.45) is 0. The monoisotopic (exact) mass is 210 g/mol. The Morgan fingerprint density at radius 1 is 1.43 bits per heavy atom. The summed E-state index contributed by atoms with van der Waals surface area (Å²) in [5.74, 6) is 0.456. The van der Waals surface area contributed by atoms with Crippen LogP contribution in [-0.4, -0.2) is 18.2 Å². The van der Waals surface area contributed by atoms with Crippen molar-refractivity contribution in [2.45, 2.75) is 6.04 Å². The van der Waals surface area contributed by atoms with Gasteiger partial charge in [0.2, 0.25) is 5.91 Å². The third-order valence-corrected chi connectivity index (χ3v) is 2.08. The van der Waals surface area contributed by atoms with E-state index in [-0.39, 0.29) is 5.91 Å². The van der Waals surface area contributed by atoms with Crippen molar-refractivity contribution in [3.05, 3.63) is 35.9 Å². The van der Waals surface area contributed by atoms with Crippen molar-refractivity contribution in [1.82, 2.24) is 5.32 Å². The summed E-state index contributed by atoms with van der Waals surface area (Å²) in [5, 5.41) is 2.69. The van der Waals surface area contributed by atoms with Crippen LogP contribution in [0.5, 0.6) is 0 Å². The van der Waals surface area contributed by atoms with Gasteiger partial charge in [0.25, 0.3) is 0 Å². The Morgan fingerprint density at radius 3 is 2.64 bits per heavy atom. The number of carbonyl (C=O) groups is 1. The molecule has 4 heteroatoms. The van der Waals surface area contributed by atoms with Crippen molar-refractivity contribution in [1.29, 1.82) is 0 Å². The van der Waals surface area contributed by atoms with Crippen LogP contribution in [0.4, 0.5) is 0 Å². The molecule has 1 aromatic rings. The number of carbonyl (C=O) groups excluding carboxylic acids is 1. The number of hydrogen-bond acceptors (Lipinski definition) is 3. The normalized spacial score (nSPS) is 12.1. The van der Waals surface area contributed by atoms with E-state index in [0.717, 1.165) is 5.56 Å². The highest BCUT2D eigenvalue weighted by Crippen LogP contribution is 2.08. The van der Waals surface area contributed by atoms with E-state index in [0.29, 0.717) is 12.3 Å². The fourth-order valence-corrected chi connectivity index (χ4v) is 1.21. The van der Waals surface area contributed by atoms with Crippen molar-refractivity contribution in [3.63, 3.8) is 0 Å². The average molecular weight is 210 g/mol. The van der Waals surface area contributed by atoms with Gasteiger partial charge in [0, 0.05) is 12.3 Å². The van der Waals surface area contributed by atoms with Crippen LogP contribution in [0.15, 0.2) is 30.3 Å². The average Bonchev–Trinajstić information content (AvgIpc) is 2.26. The molecule has 0 aliphatic rings. The van der Waals surface area contributed by atoms with Crippen molar-refractivity contribution >= 4 is 18.5 Å². The molecule has 0 fully saturated rings. The quantitative estimate of drug-likeness (QED) is 0.642. The molecule has 0 aliphatic heterocycles. The molecule has 3 N–H and O–H groups in total. The highest BCUT2D eigenvalue weighted by Gasteiger charge is 2.13. The van der Waals surface area contributed by atoms with Crippen molar-refractivity contribution < 1.29 is 4.79 Å². The van der Waals surface area contributed by atoms with Gasteiger partial charge in [0.05, 0.1) is 0 Å². The number of hydrogen-bond donors (Lipinski definition) is 3. The third kappa shape index (κ3) is 3.05. The summed E-state index contributed by atoms with van der Waals surface area (Å²) >= 11 is 4.00. The molecule has 0 heterocycles. The minimum atomic E-state index is -0.587. The van der Waals surface area contributed by atoms with Gasteiger partial charge in [-0.25, -0.2) is 0 Å². The summed E-state index contributed by atoms with van der Waals surface area (Å²) in [7, 11) is 0. The summed E-state index contributed by atoms with van der Waals surface area (Å²) < 4.78 is 0. The fourth-order valence-electron chi connectivity index (χ4n) is 1.10. The molecule has 0 bridgehead atoms. The first-order valence-electron chi connectivity index (χ1n) is 4.45. The van der Waals surface area contributed by atoms with Crippen molar-refractivity contribution in [3.8, 4) is 0 Å². The Bertz CT molecular complexity index is 289. The van der Waals surface area contributed by atoms with E-state index in [1.54, 1.807) is 0 Å². The number of nitrogens with one attached hydrogen (secondary N) is 1. The Hall–Kier alpha value is -1.00. The maximum Gasteiger partial charge on any atom is 0.241 e. The third-order valence-electron chi connectivity index (χ3n) is 1.85. The van der Waals surface area contributed by atoms with E-state index in [1.807, 2.05) is 30.3 Å². The molecule has 0 spiro atoms. The maximum atomic E-state index is 11.4. The Kier molecular flexibility index (Phi) is 4.49. The lowest BCUT2D eigenvalue weighted by Gasteiger charge is -2.11. The first-order valence-corrected chi connectivity index (χ1v) is 5.08. The van der Waals surface area contributed by atoms with Gasteiger partial charge in [-0.3, -0.25) is 4.79 Å². The van der Waals surface area contributed by atoms with Crippen molar-refractivity contribution in [2.24, 2.45) is 5.73 Å². The molecule has 0 saturated carbocycles. The number of amides is 1. The van der Waals surface area contributed by atoms with Gasteiger partial charge < -0.3 is 11.1 Å². The molecule has 76 valence electrons. The lowest BCUT2D eigenvalue weighted by atomic mass is 10.1. The molecule has 14 heavy (non-hydrogen) atoms. The zero-order chi connectivity index (χ0) is 10.4. The van der Waals surface area contributed by atoms with Crippen LogP contribution in [0.3, 0.4) is 0 Å². The second-order valence-electron chi connectivity index (χ2n) is 2.90. The van der Waals surface area contributed by atoms with E-state index < -0.39 is 6.04 Å². The standard InChI is InChI=1S/C10H14N2OS/c11-9(10(13)12-6-7-14)8-4-2-1-3-5-8/h1-5,9,14H,6-7,11H2,(H,12,13). The molecule has 0 aromatic heterocycles. The Morgan fingerprint density at radius 2 is 2.07 bits per heavy atom. The highest BCUT2D eigenvalue weighted by molar-refractivity contribution is 7.80. The molecule has 1 unspecified atom stereocenters. The van der Waals surface area contributed by atoms with Crippen LogP contribution in [-0.2, 0) is 4.79 Å². The molecular weight excluding hydrogens is 196 g/mol. The summed E-state index contributed by atoms with van der Waals surface area (Å²) in [5.41, 5.74) is 6.57. The molecule has 0 radical (unpaired) electrons. The number of thiol groups is 1. The highest BCUT2D eigenvalue weighted by atomic mass is 32.1. The van der Waals surface area contributed by atoms with Gasteiger partial charge in [-0.15, -0.1) is 0 Å². The fraction of sp³-hybridized carbons (Fsp3) is 0.300. The first kappa shape index (κ1) is 11.1. The smallest absolute Gasteiger partial charge is 0.241 e. The molecule has 0 aliphatic carbocycles. The van der Waals surface area contributed by atoms with Crippen LogP contribution in [0.2, 0.25) is 0 Å². The summed E-state index contributed by atoms with van der Waals surface area (Å²) in [6.45, 7) is 0.544. The predicted octanol–water partition coefficient (Wildman–Crippen LogP) is 0.732. The lowest BCUT2D eigenvalue weighted by molar-refractivity contribution is -0.122. The van der Waals surface area contributed by atoms with Gasteiger partial charge in [0.15, 0.2) is 0 Å². The summed E-state index contributed by atoms with van der Waals surface area (Å²) in [6, 6.07) is 8.70. The second-order valence-corrected chi connectivity index (χ2v) is 3.35. The van der Waals surface area contributed by atoms with E-state index in [2.05, 4.69) is 17.9 Å². The van der Waals surface area contributed by atoms with Crippen LogP contribution in [0, 0.1) is 0 Å². The van der Waals surface area contributed by atoms with Gasteiger partial charge in [-0.2, -0.15) is 12.6 Å². The van der Waals surface area contributed by atoms with Gasteiger partial charge in [-0.05, 0) is 5.56 Å². The topological polar surface area (TPSA) is 55.1 Å². The van der Waals surface area contributed by atoms with Crippen LogP contribution in [0.25, 0.3) is 0 Å². The molecule has 3 nitrogen and oxygen atoms in total. The number of benzene rings is 1. The molecule has 1 rings (SSSR count). The van der Waals surface area contributed by atoms with Crippen molar-refractivity contribution in [2.75, 3.05) is 12.3 Å². The van der Waals surface area contributed by atoms with E-state index in [9.17, 15) is 4.79 Å². The molecule has 1 atom stereocenters. The molecule has 1 amide bonds. The minimum Gasteiger partial charge on any atom is -0.354 e. The number of rotatable bonds is 4. The Balaban J connectivity index is 2.57. The maximum absolute atomic E-state index is 11.4. The van der Waals surface area contributed by atoms with E-state index in [1.165, 1.54) is 0 Å². The number of nitrogens with two attached hydrogens (primary N) is 1. The van der Waals surface area contributed by atoms with E-state index in [4.69, 9.17) is 5.73 Å². The summed E-state index contributed by atoms with van der Waals surface area (Å²) in [4.78, 5) is 11.4. The molecule has 0 saturated heterocycles. The Labute approximate surface area is 89.1 Å². The molecule has 1 aromatic carbocycles. The first-order chi connectivity index (χ1) is 6.75. The minimum absolute atomic E-state index is 0.162. The van der Waals surface area contributed by atoms with Crippen LogP contribution < -0.4 is 11.1 Å². The lowest BCUT2D eigenvalue weighted by Crippen LogP contribution is -2.35. The van der Waals surface area contributed by atoms with Gasteiger partial charge in [-0.1, -0.05) is 30.3 Å².